The quantitative estimate of drug-likeness (QED) is 0.534. The normalized spacial score (nSPS) is 12.8. The molecule has 0 aromatic carbocycles. The number of ether oxygens (including phenoxy) is 1. The predicted molar refractivity (Wildman–Crippen MR) is 33.4 cm³/mol. The molecular formula is C6H7F3O3. The smallest absolute Gasteiger partial charge is 0.454 e. The largest absolute Gasteiger partial charge is 0.481 e. The molecule has 0 unspecified atom stereocenters. The van der Waals surface area contributed by atoms with E-state index in [4.69, 9.17) is 5.11 Å². The van der Waals surface area contributed by atoms with Gasteiger partial charge in [0, 0.05) is 0 Å². The average Bonchev–Trinajstić information content (AvgIpc) is 1.85. The van der Waals surface area contributed by atoms with Gasteiger partial charge in [-0.15, -0.1) is 0 Å². The van der Waals surface area contributed by atoms with Crippen LogP contribution in [-0.4, -0.2) is 23.7 Å². The minimum atomic E-state index is -4.97. The van der Waals surface area contributed by atoms with Crippen molar-refractivity contribution in [3.63, 3.8) is 0 Å². The van der Waals surface area contributed by atoms with Gasteiger partial charge < -0.3 is 9.84 Å². The molecule has 12 heavy (non-hydrogen) atoms. The Bertz CT molecular complexity index is 195. The highest BCUT2D eigenvalue weighted by Crippen LogP contribution is 2.17. The van der Waals surface area contributed by atoms with E-state index in [2.05, 4.69) is 4.74 Å². The summed E-state index contributed by atoms with van der Waals surface area (Å²) in [5, 5.41) is 8.50. The molecule has 0 spiro atoms. The highest BCUT2D eigenvalue weighted by molar-refractivity contribution is 5.94. The van der Waals surface area contributed by atoms with Gasteiger partial charge in [-0.25, -0.2) is 0 Å². The maximum absolute atomic E-state index is 11.5. The molecule has 0 bridgehead atoms. The predicted octanol–water partition coefficient (Wildman–Crippen LogP) is 1.55. The summed E-state index contributed by atoms with van der Waals surface area (Å²) >= 11 is 0. The third-order valence-electron chi connectivity index (χ3n) is 0.826. The maximum atomic E-state index is 11.5. The fourth-order valence-corrected chi connectivity index (χ4v) is 0.384. The highest BCUT2D eigenvalue weighted by atomic mass is 19.4. The van der Waals surface area contributed by atoms with Gasteiger partial charge in [0.2, 0.25) is 0 Å². The number of ketones is 1. The molecule has 70 valence electrons. The van der Waals surface area contributed by atoms with E-state index in [1.165, 1.54) is 6.92 Å². The van der Waals surface area contributed by atoms with E-state index in [-0.39, 0.29) is 12.7 Å². The Labute approximate surface area is 66.4 Å². The number of alkyl halides is 3. The van der Waals surface area contributed by atoms with Gasteiger partial charge >= 0.3 is 6.18 Å². The van der Waals surface area contributed by atoms with Crippen molar-refractivity contribution >= 4 is 5.78 Å². The molecule has 0 aliphatic heterocycles. The zero-order valence-corrected chi connectivity index (χ0v) is 6.18. The summed E-state index contributed by atoms with van der Waals surface area (Å²) in [6.45, 7) is 1.45. The van der Waals surface area contributed by atoms with Crippen LogP contribution in [-0.2, 0) is 9.53 Å². The lowest BCUT2D eigenvalue weighted by Gasteiger charge is -2.02. The molecule has 0 aromatic heterocycles. The van der Waals surface area contributed by atoms with Crippen molar-refractivity contribution in [2.75, 3.05) is 6.61 Å². The van der Waals surface area contributed by atoms with Crippen molar-refractivity contribution in [2.45, 2.75) is 13.1 Å². The molecule has 0 atom stereocenters. The van der Waals surface area contributed by atoms with E-state index in [0.29, 0.717) is 0 Å². The summed E-state index contributed by atoms with van der Waals surface area (Å²) in [6.07, 6.45) is -4.98. The fraction of sp³-hybridized carbons (Fsp3) is 0.500. The zero-order chi connectivity index (χ0) is 9.78. The standard InChI is InChI=1S/C6H7F3O3/c1-2-12-5(11)3-4(10)6(7,8)9/h3,11H,2H2,1H3/b5-3+. The van der Waals surface area contributed by atoms with Crippen LogP contribution in [0.4, 0.5) is 13.2 Å². The first kappa shape index (κ1) is 10.8. The fourth-order valence-electron chi connectivity index (χ4n) is 0.384. The first-order chi connectivity index (χ1) is 5.38. The molecule has 0 heterocycles. The van der Waals surface area contributed by atoms with Crippen molar-refractivity contribution in [3.05, 3.63) is 12.0 Å². The monoisotopic (exact) mass is 184 g/mol. The second-order valence-electron chi connectivity index (χ2n) is 1.78. The first-order valence-corrected chi connectivity index (χ1v) is 3.02. The summed E-state index contributed by atoms with van der Waals surface area (Å²) < 4.78 is 38.7. The van der Waals surface area contributed by atoms with Crippen LogP contribution in [0.1, 0.15) is 6.92 Å². The van der Waals surface area contributed by atoms with Gasteiger partial charge in [-0.2, -0.15) is 13.2 Å². The molecular weight excluding hydrogens is 177 g/mol. The number of aliphatic hydroxyl groups excluding tert-OH is 1. The van der Waals surface area contributed by atoms with Gasteiger partial charge in [-0.3, -0.25) is 4.79 Å². The Hall–Kier alpha value is -1.20. The minimum Gasteiger partial charge on any atom is -0.481 e. The summed E-state index contributed by atoms with van der Waals surface area (Å²) in [5.41, 5.74) is 0. The number of aliphatic hydroxyl groups is 1. The second-order valence-corrected chi connectivity index (χ2v) is 1.78. The second kappa shape index (κ2) is 3.99. The van der Waals surface area contributed by atoms with Gasteiger partial charge in [0.1, 0.15) is 0 Å². The summed E-state index contributed by atoms with van der Waals surface area (Å²) in [4.78, 5) is 10.1. The Balaban J connectivity index is 4.24. The van der Waals surface area contributed by atoms with Crippen molar-refractivity contribution in [1.82, 2.24) is 0 Å². The van der Waals surface area contributed by atoms with E-state index < -0.39 is 17.9 Å². The van der Waals surface area contributed by atoms with E-state index in [9.17, 15) is 18.0 Å². The maximum Gasteiger partial charge on any atom is 0.454 e. The van der Waals surface area contributed by atoms with Crippen molar-refractivity contribution in [3.8, 4) is 0 Å². The topological polar surface area (TPSA) is 46.5 Å². The molecule has 6 heteroatoms. The molecule has 0 radical (unpaired) electrons. The first-order valence-electron chi connectivity index (χ1n) is 3.02. The van der Waals surface area contributed by atoms with Crippen molar-refractivity contribution in [2.24, 2.45) is 0 Å². The molecule has 0 amide bonds. The molecule has 0 saturated heterocycles. The van der Waals surface area contributed by atoms with Crippen LogP contribution in [0.5, 0.6) is 0 Å². The number of hydrogen-bond acceptors (Lipinski definition) is 3. The molecule has 1 N–H and O–H groups in total. The Kier molecular flexibility index (Phi) is 3.59. The number of halogens is 3. The van der Waals surface area contributed by atoms with Crippen molar-refractivity contribution < 1.29 is 27.8 Å². The van der Waals surface area contributed by atoms with Crippen LogP contribution in [0.3, 0.4) is 0 Å². The summed E-state index contributed by atoms with van der Waals surface area (Å²) in [5.74, 6) is -3.17. The van der Waals surface area contributed by atoms with Crippen LogP contribution in [0.15, 0.2) is 12.0 Å². The Morgan fingerprint density at radius 3 is 2.42 bits per heavy atom. The van der Waals surface area contributed by atoms with Crippen LogP contribution >= 0.6 is 0 Å². The number of allylic oxidation sites excluding steroid dienone is 1. The van der Waals surface area contributed by atoms with Gasteiger partial charge in [-0.1, -0.05) is 0 Å². The Morgan fingerprint density at radius 2 is 2.08 bits per heavy atom. The van der Waals surface area contributed by atoms with Crippen molar-refractivity contribution in [1.29, 1.82) is 0 Å². The lowest BCUT2D eigenvalue weighted by molar-refractivity contribution is -0.165. The van der Waals surface area contributed by atoms with Gasteiger partial charge in [0.15, 0.2) is 0 Å². The lowest BCUT2D eigenvalue weighted by atomic mass is 10.4. The van der Waals surface area contributed by atoms with Crippen LogP contribution in [0.25, 0.3) is 0 Å². The van der Waals surface area contributed by atoms with E-state index >= 15 is 0 Å². The summed E-state index contributed by atoms with van der Waals surface area (Å²) in [6, 6.07) is 0. The molecule has 0 fully saturated rings. The van der Waals surface area contributed by atoms with E-state index in [1.807, 2.05) is 0 Å². The minimum absolute atomic E-state index is 0.00648. The van der Waals surface area contributed by atoms with Crippen LogP contribution < -0.4 is 0 Å². The zero-order valence-electron chi connectivity index (χ0n) is 6.18. The van der Waals surface area contributed by atoms with E-state index in [0.717, 1.165) is 0 Å². The lowest BCUT2D eigenvalue weighted by Crippen LogP contribution is -2.20. The number of carbonyl (C=O) groups is 1. The van der Waals surface area contributed by atoms with Crippen LogP contribution in [0, 0.1) is 0 Å². The number of carbonyl (C=O) groups excluding carboxylic acids is 1. The summed E-state index contributed by atoms with van der Waals surface area (Å²) in [7, 11) is 0. The molecule has 0 saturated carbocycles. The van der Waals surface area contributed by atoms with Crippen LogP contribution in [0.2, 0.25) is 0 Å². The SMILES string of the molecule is CCO/C(O)=C/C(=O)C(F)(F)F. The number of rotatable bonds is 3. The Morgan fingerprint density at radius 1 is 1.58 bits per heavy atom. The highest BCUT2D eigenvalue weighted by Gasteiger charge is 2.37. The van der Waals surface area contributed by atoms with Gasteiger partial charge in [0.05, 0.1) is 12.7 Å². The molecule has 0 aliphatic carbocycles. The van der Waals surface area contributed by atoms with Gasteiger partial charge in [0.25, 0.3) is 11.7 Å². The average molecular weight is 184 g/mol. The molecule has 0 rings (SSSR count). The third-order valence-corrected chi connectivity index (χ3v) is 0.826. The number of hydrogen-bond donors (Lipinski definition) is 1. The third kappa shape index (κ3) is 3.85. The molecule has 3 nitrogen and oxygen atoms in total. The molecule has 0 aromatic rings. The van der Waals surface area contributed by atoms with E-state index in [1.54, 1.807) is 0 Å². The molecule has 0 aliphatic rings. The van der Waals surface area contributed by atoms with Gasteiger partial charge in [-0.05, 0) is 6.92 Å².